The van der Waals surface area contributed by atoms with E-state index in [2.05, 4.69) is 11.0 Å². The fourth-order valence-electron chi connectivity index (χ4n) is 2.14. The summed E-state index contributed by atoms with van der Waals surface area (Å²) in [4.78, 5) is 2.45. The van der Waals surface area contributed by atoms with E-state index in [0.29, 0.717) is 6.04 Å². The van der Waals surface area contributed by atoms with E-state index in [0.717, 1.165) is 25.2 Å². The van der Waals surface area contributed by atoms with Crippen LogP contribution in [-0.2, 0) is 6.54 Å². The lowest BCUT2D eigenvalue weighted by molar-refractivity contribution is 0.0553. The van der Waals surface area contributed by atoms with Crippen LogP contribution in [0.4, 0.5) is 5.69 Å². The normalized spacial score (nSPS) is 16.2. The zero-order valence-electron chi connectivity index (χ0n) is 11.4. The molecule has 2 rings (SSSR count). The molecule has 1 aromatic rings. The lowest BCUT2D eigenvalue weighted by Gasteiger charge is -2.26. The van der Waals surface area contributed by atoms with Gasteiger partial charge in [0.15, 0.2) is 0 Å². The molecule has 0 spiro atoms. The van der Waals surface area contributed by atoms with Gasteiger partial charge in [0, 0.05) is 24.8 Å². The van der Waals surface area contributed by atoms with Gasteiger partial charge in [0.1, 0.15) is 0 Å². The number of rotatable bonds is 6. The van der Waals surface area contributed by atoms with E-state index in [1.807, 2.05) is 32.0 Å². The van der Waals surface area contributed by atoms with Crippen molar-refractivity contribution in [2.75, 3.05) is 12.3 Å². The zero-order valence-corrected chi connectivity index (χ0v) is 11.4. The Kier molecular flexibility index (Phi) is 3.93. The third-order valence-corrected chi connectivity index (χ3v) is 3.50. The van der Waals surface area contributed by atoms with E-state index in [1.165, 1.54) is 18.4 Å². The zero-order chi connectivity index (χ0) is 13.2. The van der Waals surface area contributed by atoms with E-state index in [1.54, 1.807) is 0 Å². The quantitative estimate of drug-likeness (QED) is 0.760. The van der Waals surface area contributed by atoms with E-state index < -0.39 is 5.60 Å². The lowest BCUT2D eigenvalue weighted by atomic mass is 10.0. The molecular formula is C15H24N2O. The number of hydrogen-bond donors (Lipinski definition) is 2. The maximum atomic E-state index is 9.84. The topological polar surface area (TPSA) is 49.5 Å². The molecule has 3 nitrogen and oxygen atoms in total. The molecule has 1 aliphatic carbocycles. The lowest BCUT2D eigenvalue weighted by Crippen LogP contribution is -2.32. The first kappa shape index (κ1) is 13.4. The van der Waals surface area contributed by atoms with Gasteiger partial charge in [-0.2, -0.15) is 0 Å². The van der Waals surface area contributed by atoms with Crippen molar-refractivity contribution in [3.8, 4) is 0 Å². The Bertz CT molecular complexity index is 394. The van der Waals surface area contributed by atoms with E-state index >= 15 is 0 Å². The largest absolute Gasteiger partial charge is 0.398 e. The van der Waals surface area contributed by atoms with Gasteiger partial charge in [-0.25, -0.2) is 0 Å². The minimum absolute atomic E-state index is 0.588. The number of anilines is 1. The van der Waals surface area contributed by atoms with Gasteiger partial charge in [-0.15, -0.1) is 0 Å². The molecule has 0 heterocycles. The van der Waals surface area contributed by atoms with Crippen LogP contribution in [-0.4, -0.2) is 28.2 Å². The summed E-state index contributed by atoms with van der Waals surface area (Å²) in [6.07, 6.45) is 3.35. The second-order valence-electron chi connectivity index (χ2n) is 5.96. The second kappa shape index (κ2) is 5.29. The van der Waals surface area contributed by atoms with E-state index in [4.69, 9.17) is 5.73 Å². The first-order chi connectivity index (χ1) is 8.46. The molecule has 0 aliphatic heterocycles. The average molecular weight is 248 g/mol. The monoisotopic (exact) mass is 248 g/mol. The minimum Gasteiger partial charge on any atom is -0.398 e. The molecule has 0 bridgehead atoms. The molecule has 0 amide bonds. The first-order valence-corrected chi connectivity index (χ1v) is 6.75. The Balaban J connectivity index is 1.96. The predicted octanol–water partition coefficient (Wildman–Crippen LogP) is 2.39. The third-order valence-electron chi connectivity index (χ3n) is 3.50. The number of nitrogens with two attached hydrogens (primary N) is 1. The summed E-state index contributed by atoms with van der Waals surface area (Å²) in [6, 6.07) is 8.74. The van der Waals surface area contributed by atoms with Crippen LogP contribution >= 0.6 is 0 Å². The van der Waals surface area contributed by atoms with Gasteiger partial charge in [-0.3, -0.25) is 4.90 Å². The van der Waals surface area contributed by atoms with Crippen molar-refractivity contribution in [1.82, 2.24) is 4.90 Å². The molecule has 0 saturated heterocycles. The number of nitrogens with zero attached hydrogens (tertiary/aromatic N) is 1. The predicted molar refractivity (Wildman–Crippen MR) is 75.2 cm³/mol. The summed E-state index contributed by atoms with van der Waals surface area (Å²) in [5, 5.41) is 9.84. The van der Waals surface area contributed by atoms with Crippen LogP contribution in [0.25, 0.3) is 0 Å². The summed E-state index contributed by atoms with van der Waals surface area (Å²) >= 11 is 0. The van der Waals surface area contributed by atoms with Gasteiger partial charge < -0.3 is 10.8 Å². The smallest absolute Gasteiger partial charge is 0.0603 e. The van der Waals surface area contributed by atoms with Crippen molar-refractivity contribution in [2.45, 2.75) is 51.3 Å². The Morgan fingerprint density at radius 1 is 1.33 bits per heavy atom. The maximum absolute atomic E-state index is 9.84. The summed E-state index contributed by atoms with van der Waals surface area (Å²) in [5.41, 5.74) is 7.47. The van der Waals surface area contributed by atoms with Gasteiger partial charge in [0.25, 0.3) is 0 Å². The highest BCUT2D eigenvalue weighted by Crippen LogP contribution is 2.30. The molecule has 18 heavy (non-hydrogen) atoms. The Labute approximate surface area is 110 Å². The van der Waals surface area contributed by atoms with Gasteiger partial charge in [0.2, 0.25) is 0 Å². The molecule has 1 fully saturated rings. The fourth-order valence-corrected chi connectivity index (χ4v) is 2.14. The van der Waals surface area contributed by atoms with Gasteiger partial charge in [-0.1, -0.05) is 18.2 Å². The molecule has 0 aromatic heterocycles. The number of hydrogen-bond acceptors (Lipinski definition) is 3. The highest BCUT2D eigenvalue weighted by molar-refractivity contribution is 5.46. The van der Waals surface area contributed by atoms with Crippen LogP contribution in [0.15, 0.2) is 24.3 Å². The molecule has 1 aliphatic rings. The standard InChI is InChI=1S/C15H24N2O/c1-15(2,18)9-10-17(13-7-8-13)11-12-5-3-4-6-14(12)16/h3-6,13,18H,7-11,16H2,1-2H3. The van der Waals surface area contributed by atoms with Crippen molar-refractivity contribution in [3.63, 3.8) is 0 Å². The maximum Gasteiger partial charge on any atom is 0.0603 e. The third kappa shape index (κ3) is 4.00. The number of aliphatic hydroxyl groups is 1. The van der Waals surface area contributed by atoms with Crippen molar-refractivity contribution in [2.24, 2.45) is 0 Å². The molecule has 1 aromatic carbocycles. The molecule has 3 heteroatoms. The second-order valence-corrected chi connectivity index (χ2v) is 5.96. The molecule has 3 N–H and O–H groups in total. The van der Waals surface area contributed by atoms with Crippen LogP contribution in [0.3, 0.4) is 0 Å². The van der Waals surface area contributed by atoms with Crippen LogP contribution in [0.1, 0.15) is 38.7 Å². The van der Waals surface area contributed by atoms with Crippen molar-refractivity contribution >= 4 is 5.69 Å². The molecule has 1 saturated carbocycles. The van der Waals surface area contributed by atoms with E-state index in [9.17, 15) is 5.11 Å². The van der Waals surface area contributed by atoms with Gasteiger partial charge in [-0.05, 0) is 44.7 Å². The molecule has 0 atom stereocenters. The van der Waals surface area contributed by atoms with Gasteiger partial charge in [0.05, 0.1) is 5.60 Å². The van der Waals surface area contributed by atoms with Crippen molar-refractivity contribution in [1.29, 1.82) is 0 Å². The minimum atomic E-state index is -0.588. The average Bonchev–Trinajstić information content (AvgIpc) is 3.09. The SMILES string of the molecule is CC(C)(O)CCN(Cc1ccccc1N)C1CC1. The molecule has 0 radical (unpaired) electrons. The Morgan fingerprint density at radius 2 is 2.00 bits per heavy atom. The van der Waals surface area contributed by atoms with Crippen molar-refractivity contribution < 1.29 is 5.11 Å². The highest BCUT2D eigenvalue weighted by atomic mass is 16.3. The summed E-state index contributed by atoms with van der Waals surface area (Å²) in [6.45, 7) is 5.57. The highest BCUT2D eigenvalue weighted by Gasteiger charge is 2.30. The molecular weight excluding hydrogens is 224 g/mol. The Morgan fingerprint density at radius 3 is 2.56 bits per heavy atom. The summed E-state index contributed by atoms with van der Waals surface area (Å²) in [5.74, 6) is 0. The van der Waals surface area contributed by atoms with Crippen molar-refractivity contribution in [3.05, 3.63) is 29.8 Å². The molecule has 0 unspecified atom stereocenters. The fraction of sp³-hybridized carbons (Fsp3) is 0.600. The van der Waals surface area contributed by atoms with Crippen LogP contribution < -0.4 is 5.73 Å². The molecule has 100 valence electrons. The summed E-state index contributed by atoms with van der Waals surface area (Å²) < 4.78 is 0. The van der Waals surface area contributed by atoms with Crippen LogP contribution in [0.5, 0.6) is 0 Å². The Hall–Kier alpha value is -1.06. The number of nitrogen functional groups attached to an aromatic ring is 1. The number of para-hydroxylation sites is 1. The van der Waals surface area contributed by atoms with Crippen LogP contribution in [0.2, 0.25) is 0 Å². The van der Waals surface area contributed by atoms with Crippen LogP contribution in [0, 0.1) is 0 Å². The van der Waals surface area contributed by atoms with Gasteiger partial charge >= 0.3 is 0 Å². The van der Waals surface area contributed by atoms with E-state index in [-0.39, 0.29) is 0 Å². The summed E-state index contributed by atoms with van der Waals surface area (Å²) in [7, 11) is 0. The first-order valence-electron chi connectivity index (χ1n) is 6.75. The number of benzene rings is 1.